The van der Waals surface area contributed by atoms with E-state index in [0.717, 1.165) is 45.4 Å². The van der Waals surface area contributed by atoms with Crippen molar-refractivity contribution in [1.82, 2.24) is 15.1 Å². The van der Waals surface area contributed by atoms with Crippen molar-refractivity contribution in [3.8, 4) is 0 Å². The van der Waals surface area contributed by atoms with Crippen LogP contribution >= 0.6 is 0 Å². The van der Waals surface area contributed by atoms with E-state index in [2.05, 4.69) is 63.6 Å². The summed E-state index contributed by atoms with van der Waals surface area (Å²) in [4.78, 5) is 44.3. The first kappa shape index (κ1) is 39.7. The van der Waals surface area contributed by atoms with Crippen molar-refractivity contribution in [3.63, 3.8) is 0 Å². The normalized spacial score (nSPS) is 42.8. The zero-order valence-electron chi connectivity index (χ0n) is 34.9. The van der Waals surface area contributed by atoms with Crippen LogP contribution in [0.3, 0.4) is 0 Å². The maximum atomic E-state index is 14.0. The molecule has 7 rings (SSSR count). The Kier molecular flexibility index (Phi) is 11.0. The smallest absolute Gasteiger partial charge is 0.306 e. The highest BCUT2D eigenvalue weighted by atomic mass is 16.4. The van der Waals surface area contributed by atoms with Crippen molar-refractivity contribution < 1.29 is 19.5 Å². The first-order valence-corrected chi connectivity index (χ1v) is 22.3. The van der Waals surface area contributed by atoms with E-state index in [1.807, 2.05) is 6.92 Å². The van der Waals surface area contributed by atoms with Crippen molar-refractivity contribution >= 4 is 17.5 Å². The molecule has 11 unspecified atom stereocenters. The summed E-state index contributed by atoms with van der Waals surface area (Å²) < 4.78 is 0. The van der Waals surface area contributed by atoms with Crippen molar-refractivity contribution in [2.24, 2.45) is 74.9 Å². The van der Waals surface area contributed by atoms with Gasteiger partial charge in [-0.25, -0.2) is 0 Å². The molecule has 1 saturated heterocycles. The van der Waals surface area contributed by atoms with E-state index >= 15 is 0 Å². The van der Waals surface area contributed by atoms with Gasteiger partial charge in [0.15, 0.2) is 5.78 Å². The average Bonchev–Trinajstić information content (AvgIpc) is 3.41. The molecule has 6 fully saturated rings. The van der Waals surface area contributed by atoms with Gasteiger partial charge < -0.3 is 15.3 Å². The molecular weight excluding hydrogens is 659 g/mol. The molecule has 5 saturated carbocycles. The number of carboxylic acids is 1. The second-order valence-electron chi connectivity index (χ2n) is 21.0. The molecule has 7 aliphatic rings. The van der Waals surface area contributed by atoms with E-state index in [1.165, 1.54) is 76.7 Å². The number of aliphatic carboxylic acids is 1. The Labute approximate surface area is 322 Å². The van der Waals surface area contributed by atoms with Gasteiger partial charge in [-0.1, -0.05) is 61.0 Å². The van der Waals surface area contributed by atoms with Crippen LogP contribution in [0.2, 0.25) is 0 Å². The first-order valence-electron chi connectivity index (χ1n) is 22.3. The summed E-state index contributed by atoms with van der Waals surface area (Å²) in [6, 6.07) is 0. The summed E-state index contributed by atoms with van der Waals surface area (Å²) in [7, 11) is 0. The minimum atomic E-state index is -0.741. The fourth-order valence-corrected chi connectivity index (χ4v) is 15.1. The summed E-state index contributed by atoms with van der Waals surface area (Å²) >= 11 is 0. The number of allylic oxidation sites excluding steroid dienone is 2. The van der Waals surface area contributed by atoms with E-state index in [1.54, 1.807) is 5.57 Å². The molecule has 6 aliphatic carbocycles. The predicted octanol–water partition coefficient (Wildman–Crippen LogP) is 8.13. The van der Waals surface area contributed by atoms with Crippen molar-refractivity contribution in [2.75, 3.05) is 52.4 Å². The molecule has 0 radical (unpaired) electrons. The van der Waals surface area contributed by atoms with Crippen LogP contribution in [-0.2, 0) is 14.4 Å². The number of piperazine rings is 1. The number of carbonyl (C=O) groups is 3. The van der Waals surface area contributed by atoms with Gasteiger partial charge in [-0.3, -0.25) is 19.3 Å². The molecule has 0 amide bonds. The Balaban J connectivity index is 1.03. The molecule has 2 N–H and O–H groups in total. The zero-order valence-corrected chi connectivity index (χ0v) is 34.9. The van der Waals surface area contributed by atoms with Crippen LogP contribution in [0.15, 0.2) is 11.1 Å². The van der Waals surface area contributed by atoms with Gasteiger partial charge in [0.1, 0.15) is 5.78 Å². The van der Waals surface area contributed by atoms with Gasteiger partial charge in [-0.2, -0.15) is 0 Å². The average molecular weight is 734 g/mol. The van der Waals surface area contributed by atoms with Gasteiger partial charge >= 0.3 is 5.97 Å². The quantitative estimate of drug-likeness (QED) is 0.196. The van der Waals surface area contributed by atoms with Crippen molar-refractivity contribution in [2.45, 2.75) is 132 Å². The fraction of sp³-hybridized carbons (Fsp3) is 0.891. The Morgan fingerprint density at radius 3 is 2.23 bits per heavy atom. The van der Waals surface area contributed by atoms with Crippen LogP contribution in [0.5, 0.6) is 0 Å². The molecule has 53 heavy (non-hydrogen) atoms. The van der Waals surface area contributed by atoms with Crippen molar-refractivity contribution in [3.05, 3.63) is 11.1 Å². The van der Waals surface area contributed by atoms with Gasteiger partial charge in [0, 0.05) is 63.4 Å². The summed E-state index contributed by atoms with van der Waals surface area (Å²) in [6.07, 6.45) is 12.8. The number of ketones is 2. The Hall–Kier alpha value is -1.57. The highest BCUT2D eigenvalue weighted by Gasteiger charge is 2.66. The summed E-state index contributed by atoms with van der Waals surface area (Å²) in [5.41, 5.74) is 3.53. The topological polar surface area (TPSA) is 89.9 Å². The molecular formula is C46H75N3O4. The summed E-state index contributed by atoms with van der Waals surface area (Å²) in [6.45, 7) is 28.1. The zero-order chi connectivity index (χ0) is 38.1. The molecule has 7 nitrogen and oxygen atoms in total. The molecule has 1 heterocycles. The Bertz CT molecular complexity index is 1450. The van der Waals surface area contributed by atoms with Gasteiger partial charge in [-0.05, 0) is 141 Å². The van der Waals surface area contributed by atoms with Crippen molar-refractivity contribution in [1.29, 1.82) is 0 Å². The van der Waals surface area contributed by atoms with Gasteiger partial charge in [0.05, 0.1) is 5.92 Å². The second kappa shape index (κ2) is 14.7. The first-order chi connectivity index (χ1) is 25.1. The lowest BCUT2D eigenvalue weighted by Gasteiger charge is -2.69. The molecule has 1 aliphatic heterocycles. The molecule has 11 atom stereocenters. The fourth-order valence-electron chi connectivity index (χ4n) is 15.1. The molecule has 0 aromatic rings. The minimum Gasteiger partial charge on any atom is -0.481 e. The molecule has 0 bridgehead atoms. The number of hydrogen-bond acceptors (Lipinski definition) is 6. The Morgan fingerprint density at radius 1 is 0.868 bits per heavy atom. The maximum Gasteiger partial charge on any atom is 0.306 e. The largest absolute Gasteiger partial charge is 0.481 e. The van der Waals surface area contributed by atoms with Crippen LogP contribution in [0, 0.1) is 74.9 Å². The number of Topliss-reactive ketones (excluding diaryl/α,β-unsaturated/α-hetero) is 2. The van der Waals surface area contributed by atoms with Gasteiger partial charge in [0.25, 0.3) is 0 Å². The number of likely N-dealkylation sites (N-methyl/N-ethyl adjacent to an activating group) is 1. The van der Waals surface area contributed by atoms with Gasteiger partial charge in [-0.15, -0.1) is 0 Å². The number of nitrogens with one attached hydrogen (secondary N) is 1. The third kappa shape index (κ3) is 6.64. The molecule has 0 aromatic carbocycles. The highest BCUT2D eigenvalue weighted by molar-refractivity contribution is 6.00. The second-order valence-corrected chi connectivity index (χ2v) is 21.0. The third-order valence-corrected chi connectivity index (χ3v) is 18.2. The number of nitrogens with zero attached hydrogens (tertiary/aromatic N) is 2. The van der Waals surface area contributed by atoms with E-state index in [-0.39, 0.29) is 39.4 Å². The highest BCUT2D eigenvalue weighted by Crippen LogP contribution is 2.74. The van der Waals surface area contributed by atoms with Gasteiger partial charge in [0.2, 0.25) is 0 Å². The molecule has 0 aromatic heterocycles. The maximum absolute atomic E-state index is 14.0. The van der Waals surface area contributed by atoms with E-state index in [0.29, 0.717) is 59.9 Å². The molecule has 0 spiro atoms. The lowest BCUT2D eigenvalue weighted by molar-refractivity contribution is -0.193. The summed E-state index contributed by atoms with van der Waals surface area (Å²) in [5, 5.41) is 13.4. The number of fused-ring (bicyclic) bond motifs is 7. The lowest BCUT2D eigenvalue weighted by Crippen LogP contribution is -2.62. The number of rotatable bonds is 12. The van der Waals surface area contributed by atoms with E-state index in [4.69, 9.17) is 0 Å². The van der Waals surface area contributed by atoms with E-state index < -0.39 is 5.97 Å². The predicted molar refractivity (Wildman–Crippen MR) is 212 cm³/mol. The SMILES string of the molecule is CCN1CCN(CCNCCC23CCC4C(CCC5C4(C)CCC4C(C)(C)C(CC(=O)C6CC(C(=O)O)C6C)CCC45C)C2=C(C(C)C)C(=O)C3)CC1. The number of carbonyl (C=O) groups excluding carboxylic acids is 2. The number of hydrogen-bond donors (Lipinski definition) is 2. The molecule has 298 valence electrons. The van der Waals surface area contributed by atoms with Crippen LogP contribution < -0.4 is 5.32 Å². The van der Waals surface area contributed by atoms with Crippen LogP contribution in [0.25, 0.3) is 0 Å². The molecule has 7 heteroatoms. The number of carboxylic acid groups (broad SMARTS) is 1. The van der Waals surface area contributed by atoms with Crippen LogP contribution in [-0.4, -0.2) is 84.8 Å². The standard InChI is InChI=1S/C46H75N3O4/c1-9-48-22-24-49(25-23-48)21-20-47-19-18-46-17-13-35-32(41(46)40(29(2)3)37(51)28-46)10-11-39-44(35,7)16-14-38-43(5,6)31(12-15-45(38,39)8)26-36(50)33-27-34(30(33)4)42(52)53/h29-35,38-39,47H,9-28H2,1-8H3,(H,52,53). The van der Waals surface area contributed by atoms with Crippen LogP contribution in [0.4, 0.5) is 0 Å². The third-order valence-electron chi connectivity index (χ3n) is 18.2. The minimum absolute atomic E-state index is 0.0357. The monoisotopic (exact) mass is 734 g/mol. The van der Waals surface area contributed by atoms with E-state index in [9.17, 15) is 19.5 Å². The van der Waals surface area contributed by atoms with Crippen LogP contribution in [0.1, 0.15) is 132 Å². The lowest BCUT2D eigenvalue weighted by atomic mass is 9.35. The summed E-state index contributed by atoms with van der Waals surface area (Å²) in [5.74, 6) is 2.74. The Morgan fingerprint density at radius 2 is 1.57 bits per heavy atom.